The van der Waals surface area contributed by atoms with Gasteiger partial charge in [-0.2, -0.15) is 0 Å². The monoisotopic (exact) mass is 477 g/mol. The summed E-state index contributed by atoms with van der Waals surface area (Å²) in [7, 11) is 2.16. The van der Waals surface area contributed by atoms with E-state index in [1.807, 2.05) is 18.2 Å². The average molecular weight is 478 g/mol. The van der Waals surface area contributed by atoms with E-state index in [0.717, 1.165) is 36.1 Å². The highest BCUT2D eigenvalue weighted by Crippen LogP contribution is 2.49. The number of rotatable bonds is 3. The largest absolute Gasteiger partial charge is 0.504 e. The van der Waals surface area contributed by atoms with Crippen LogP contribution in [0.5, 0.6) is 11.5 Å². The third-order valence-electron chi connectivity index (χ3n) is 7.00. The van der Waals surface area contributed by atoms with Crippen LogP contribution in [0.3, 0.4) is 0 Å². The fourth-order valence-corrected chi connectivity index (χ4v) is 5.12. The van der Waals surface area contributed by atoms with Gasteiger partial charge in [0, 0.05) is 29.3 Å². The van der Waals surface area contributed by atoms with Crippen molar-refractivity contribution in [3.05, 3.63) is 119 Å². The molecule has 6 rings (SSSR count). The van der Waals surface area contributed by atoms with E-state index in [2.05, 4.69) is 30.1 Å². The molecule has 36 heavy (non-hydrogen) atoms. The van der Waals surface area contributed by atoms with Gasteiger partial charge in [-0.3, -0.25) is 14.5 Å². The molecule has 5 nitrogen and oxygen atoms in total. The minimum absolute atomic E-state index is 0.0163. The Morgan fingerprint density at radius 2 is 1.36 bits per heavy atom. The number of hydrogen-bond donors (Lipinski definition) is 2. The van der Waals surface area contributed by atoms with Gasteiger partial charge in [-0.15, -0.1) is 0 Å². The Kier molecular flexibility index (Phi) is 6.40. The van der Waals surface area contributed by atoms with Gasteiger partial charge in [0.05, 0.1) is 0 Å². The highest BCUT2D eigenvalue weighted by atomic mass is 16.3. The summed E-state index contributed by atoms with van der Waals surface area (Å²) in [5.41, 5.74) is 6.56. The summed E-state index contributed by atoms with van der Waals surface area (Å²) in [4.78, 5) is 26.0. The van der Waals surface area contributed by atoms with Gasteiger partial charge in [0.25, 0.3) is 0 Å². The van der Waals surface area contributed by atoms with Crippen molar-refractivity contribution in [1.82, 2.24) is 4.90 Å². The zero-order chi connectivity index (χ0) is 25.2. The number of phenols is 2. The van der Waals surface area contributed by atoms with Gasteiger partial charge in [0.1, 0.15) is 0 Å². The lowest BCUT2D eigenvalue weighted by atomic mass is 9.77. The first-order valence-electron chi connectivity index (χ1n) is 12.0. The number of nitrogens with zero attached hydrogens (tertiary/aromatic N) is 1. The molecule has 1 aliphatic heterocycles. The lowest BCUT2D eigenvalue weighted by Crippen LogP contribution is -2.35. The number of Topliss-reactive ketones (excluding diaryl/α,β-unsaturated/α-hetero) is 2. The molecule has 1 atom stereocenters. The molecule has 4 aromatic carbocycles. The van der Waals surface area contributed by atoms with Gasteiger partial charge in [-0.05, 0) is 48.2 Å². The van der Waals surface area contributed by atoms with E-state index in [1.165, 1.54) is 11.1 Å². The average Bonchev–Trinajstić information content (AvgIpc) is 2.93. The van der Waals surface area contributed by atoms with Gasteiger partial charge in [0.15, 0.2) is 11.5 Å². The van der Waals surface area contributed by atoms with Crippen molar-refractivity contribution in [1.29, 1.82) is 0 Å². The van der Waals surface area contributed by atoms with Crippen molar-refractivity contribution in [2.45, 2.75) is 18.9 Å². The van der Waals surface area contributed by atoms with Crippen molar-refractivity contribution in [3.63, 3.8) is 0 Å². The second-order valence-corrected chi connectivity index (χ2v) is 9.19. The molecule has 2 N–H and O–H groups in total. The molecule has 0 aromatic heterocycles. The molecule has 0 saturated carbocycles. The Bertz CT molecular complexity index is 1380. The standard InChI is InChI=1S/C17H17NO2.C14H10O2/c1-18-8-7-10-3-2-4-12-15(10)13(18)9-11-5-6-14(19)17(20)16(11)12;15-13(11-7-3-1-4-8-11)14(16)12-9-5-2-6-10-12/h2-6,13,19-20H,7-9H2,1H3;1-10H/t13-;/m1./s1. The number of aromatic hydroxyl groups is 2. The molecular weight excluding hydrogens is 450 g/mol. The molecule has 0 fully saturated rings. The number of carbonyl (C=O) groups excluding carboxylic acids is 2. The van der Waals surface area contributed by atoms with Crippen LogP contribution in [0.15, 0.2) is 91.0 Å². The Labute approximate surface area is 210 Å². The van der Waals surface area contributed by atoms with Crippen molar-refractivity contribution in [3.8, 4) is 22.6 Å². The molecule has 1 aliphatic carbocycles. The number of phenolic OH excluding ortho intramolecular Hbond substituents is 2. The van der Waals surface area contributed by atoms with Gasteiger partial charge >= 0.3 is 0 Å². The van der Waals surface area contributed by atoms with E-state index < -0.39 is 11.6 Å². The van der Waals surface area contributed by atoms with Gasteiger partial charge in [-0.25, -0.2) is 0 Å². The molecule has 0 bridgehead atoms. The van der Waals surface area contributed by atoms with E-state index in [-0.39, 0.29) is 11.5 Å². The predicted molar refractivity (Wildman–Crippen MR) is 140 cm³/mol. The van der Waals surface area contributed by atoms with Crippen LogP contribution in [0.2, 0.25) is 0 Å². The van der Waals surface area contributed by atoms with Gasteiger partial charge < -0.3 is 10.2 Å². The van der Waals surface area contributed by atoms with Crippen LogP contribution >= 0.6 is 0 Å². The molecule has 0 saturated heterocycles. The molecule has 180 valence electrons. The SMILES string of the molecule is CN1CCc2cccc3c2[C@H]1Cc1ccc(O)c(O)c1-3.O=C(C(=O)c1ccccc1)c1ccccc1. The third-order valence-corrected chi connectivity index (χ3v) is 7.00. The van der Waals surface area contributed by atoms with Crippen molar-refractivity contribution >= 4 is 11.6 Å². The van der Waals surface area contributed by atoms with Gasteiger partial charge in [-0.1, -0.05) is 84.9 Å². The number of ketones is 2. The minimum Gasteiger partial charge on any atom is -0.504 e. The van der Waals surface area contributed by atoms with Gasteiger partial charge in [0.2, 0.25) is 11.6 Å². The number of hydrogen-bond acceptors (Lipinski definition) is 5. The van der Waals surface area contributed by atoms with Crippen LogP contribution in [0.4, 0.5) is 0 Å². The molecular formula is C31H27NO4. The summed E-state index contributed by atoms with van der Waals surface area (Å²) >= 11 is 0. The Morgan fingerprint density at radius 1 is 0.750 bits per heavy atom. The van der Waals surface area contributed by atoms with E-state index >= 15 is 0 Å². The second kappa shape index (κ2) is 9.80. The molecule has 0 unspecified atom stereocenters. The molecule has 0 spiro atoms. The number of benzene rings is 4. The second-order valence-electron chi connectivity index (χ2n) is 9.19. The zero-order valence-electron chi connectivity index (χ0n) is 20.0. The summed E-state index contributed by atoms with van der Waals surface area (Å²) in [5.74, 6) is -0.954. The summed E-state index contributed by atoms with van der Waals surface area (Å²) in [6.07, 6.45) is 1.94. The van der Waals surface area contributed by atoms with E-state index in [9.17, 15) is 19.8 Å². The normalized spacial score (nSPS) is 15.6. The Balaban J connectivity index is 0.000000152. The van der Waals surface area contributed by atoms with E-state index in [1.54, 1.807) is 54.6 Å². The van der Waals surface area contributed by atoms with Crippen LogP contribution < -0.4 is 0 Å². The molecule has 1 heterocycles. The van der Waals surface area contributed by atoms with E-state index in [0.29, 0.717) is 17.2 Å². The zero-order valence-corrected chi connectivity index (χ0v) is 20.0. The van der Waals surface area contributed by atoms with Crippen LogP contribution in [0.25, 0.3) is 11.1 Å². The van der Waals surface area contributed by atoms with Crippen molar-refractivity contribution < 1.29 is 19.8 Å². The fourth-order valence-electron chi connectivity index (χ4n) is 5.12. The lowest BCUT2D eigenvalue weighted by Gasteiger charge is -2.39. The lowest BCUT2D eigenvalue weighted by molar-refractivity contribution is 0.0817. The minimum atomic E-state index is -0.466. The topological polar surface area (TPSA) is 77.8 Å². The summed E-state index contributed by atoms with van der Waals surface area (Å²) in [6.45, 7) is 1.07. The number of carbonyl (C=O) groups is 2. The van der Waals surface area contributed by atoms with Crippen LogP contribution in [-0.2, 0) is 12.8 Å². The molecule has 0 radical (unpaired) electrons. The summed E-state index contributed by atoms with van der Waals surface area (Å²) < 4.78 is 0. The maximum absolute atomic E-state index is 11.8. The number of fused-ring (bicyclic) bond motifs is 2. The highest BCUT2D eigenvalue weighted by Gasteiger charge is 2.34. The first-order chi connectivity index (χ1) is 17.5. The molecule has 2 aliphatic rings. The predicted octanol–water partition coefficient (Wildman–Crippen LogP) is 5.60. The first-order valence-corrected chi connectivity index (χ1v) is 12.0. The maximum Gasteiger partial charge on any atom is 0.233 e. The molecule has 0 amide bonds. The smallest absolute Gasteiger partial charge is 0.233 e. The van der Waals surface area contributed by atoms with Crippen LogP contribution in [-0.4, -0.2) is 40.3 Å². The Hall–Kier alpha value is -4.22. The van der Waals surface area contributed by atoms with E-state index in [4.69, 9.17) is 0 Å². The summed E-state index contributed by atoms with van der Waals surface area (Å²) in [6, 6.07) is 27.3. The fraction of sp³-hybridized carbons (Fsp3) is 0.161. The molecule has 4 aromatic rings. The van der Waals surface area contributed by atoms with Crippen molar-refractivity contribution in [2.75, 3.05) is 13.6 Å². The first kappa shape index (κ1) is 23.5. The highest BCUT2D eigenvalue weighted by molar-refractivity contribution is 6.49. The van der Waals surface area contributed by atoms with Crippen molar-refractivity contribution in [2.24, 2.45) is 0 Å². The third kappa shape index (κ3) is 4.30. The van der Waals surface area contributed by atoms with Crippen LogP contribution in [0, 0.1) is 0 Å². The maximum atomic E-state index is 11.8. The summed E-state index contributed by atoms with van der Waals surface area (Å²) in [5, 5.41) is 20.1. The quantitative estimate of drug-likeness (QED) is 0.228. The van der Waals surface area contributed by atoms with Crippen LogP contribution in [0.1, 0.15) is 43.4 Å². The Morgan fingerprint density at radius 3 is 1.97 bits per heavy atom. The number of likely N-dealkylation sites (N-methyl/N-ethyl adjacent to an activating group) is 1. The molecule has 5 heteroatoms.